The van der Waals surface area contributed by atoms with Crippen LogP contribution in [-0.2, 0) is 9.53 Å². The third kappa shape index (κ3) is 2.50. The van der Waals surface area contributed by atoms with E-state index in [2.05, 4.69) is 4.74 Å². The highest BCUT2D eigenvalue weighted by atomic mass is 16.6. The van der Waals surface area contributed by atoms with Gasteiger partial charge in [-0.2, -0.15) is 0 Å². The van der Waals surface area contributed by atoms with Crippen molar-refractivity contribution in [3.8, 4) is 0 Å². The Kier molecular flexibility index (Phi) is 4.11. The van der Waals surface area contributed by atoms with E-state index in [0.717, 1.165) is 12.8 Å². The minimum atomic E-state index is -0.519. The summed E-state index contributed by atoms with van der Waals surface area (Å²) in [6.45, 7) is 5.18. The number of aliphatic hydroxyl groups excluding tert-OH is 1. The van der Waals surface area contributed by atoms with Crippen molar-refractivity contribution in [2.45, 2.75) is 33.6 Å². The van der Waals surface area contributed by atoms with Crippen LogP contribution in [0.25, 0.3) is 0 Å². The molecule has 0 fully saturated rings. The fraction of sp³-hybridized carbons (Fsp3) is 0.875. The molecule has 0 spiro atoms. The molecule has 0 atom stereocenters. The lowest BCUT2D eigenvalue weighted by Gasteiger charge is -2.22. The Balaban J connectivity index is 4.12. The molecule has 0 saturated heterocycles. The van der Waals surface area contributed by atoms with Crippen molar-refractivity contribution >= 4 is 5.97 Å². The third-order valence-corrected chi connectivity index (χ3v) is 2.25. The lowest BCUT2D eigenvalue weighted by atomic mass is 9.85. The van der Waals surface area contributed by atoms with Gasteiger partial charge >= 0.3 is 5.97 Å². The van der Waals surface area contributed by atoms with Crippen molar-refractivity contribution in [3.05, 3.63) is 0 Å². The zero-order valence-corrected chi connectivity index (χ0v) is 7.39. The molecule has 0 aromatic heterocycles. The highest BCUT2D eigenvalue weighted by Gasteiger charge is 2.30. The van der Waals surface area contributed by atoms with Crippen molar-refractivity contribution < 1.29 is 14.6 Å². The van der Waals surface area contributed by atoms with Gasteiger partial charge < -0.3 is 9.84 Å². The van der Waals surface area contributed by atoms with Crippen LogP contribution in [0.4, 0.5) is 0 Å². The maximum atomic E-state index is 11.1. The second-order valence-electron chi connectivity index (χ2n) is 2.83. The summed E-state index contributed by atoms with van der Waals surface area (Å²) in [6.07, 6.45) is 1.48. The van der Waals surface area contributed by atoms with Crippen molar-refractivity contribution in [1.29, 1.82) is 0 Å². The van der Waals surface area contributed by atoms with Gasteiger partial charge in [0.15, 0.2) is 6.79 Å². The molecule has 11 heavy (non-hydrogen) atoms. The molecule has 0 bridgehead atoms. The summed E-state index contributed by atoms with van der Waals surface area (Å²) < 4.78 is 4.51. The predicted octanol–water partition coefficient (Wildman–Crippen LogP) is 1.31. The number of hydrogen-bond donors (Lipinski definition) is 1. The Bertz CT molecular complexity index is 127. The first-order valence-electron chi connectivity index (χ1n) is 3.88. The van der Waals surface area contributed by atoms with E-state index in [1.807, 2.05) is 20.8 Å². The normalized spacial score (nSPS) is 11.3. The Labute approximate surface area is 67.4 Å². The van der Waals surface area contributed by atoms with E-state index in [4.69, 9.17) is 5.11 Å². The number of esters is 1. The van der Waals surface area contributed by atoms with Gasteiger partial charge in [0.2, 0.25) is 0 Å². The van der Waals surface area contributed by atoms with Crippen LogP contribution < -0.4 is 0 Å². The molecule has 0 amide bonds. The maximum Gasteiger partial charge on any atom is 0.313 e. The van der Waals surface area contributed by atoms with Crippen LogP contribution in [0.1, 0.15) is 33.6 Å². The highest BCUT2D eigenvalue weighted by Crippen LogP contribution is 2.26. The molecule has 0 aromatic rings. The standard InChI is InChI=1S/C8H16O3/c1-4-8(3,5-2)7(10)11-6-9/h9H,4-6H2,1-3H3. The lowest BCUT2D eigenvalue weighted by Crippen LogP contribution is -2.28. The van der Waals surface area contributed by atoms with Crippen LogP contribution in [0.3, 0.4) is 0 Å². The predicted molar refractivity (Wildman–Crippen MR) is 41.9 cm³/mol. The number of rotatable bonds is 4. The van der Waals surface area contributed by atoms with Crippen molar-refractivity contribution in [3.63, 3.8) is 0 Å². The molecular weight excluding hydrogens is 144 g/mol. The van der Waals surface area contributed by atoms with Gasteiger partial charge in [0.25, 0.3) is 0 Å². The van der Waals surface area contributed by atoms with E-state index in [-0.39, 0.29) is 5.97 Å². The molecule has 0 aliphatic rings. The Morgan fingerprint density at radius 1 is 1.45 bits per heavy atom. The molecular formula is C8H16O3. The minimum absolute atomic E-state index is 0.315. The number of ether oxygens (including phenoxy) is 1. The van der Waals surface area contributed by atoms with E-state index >= 15 is 0 Å². The van der Waals surface area contributed by atoms with Crippen LogP contribution in [0, 0.1) is 5.41 Å². The zero-order valence-electron chi connectivity index (χ0n) is 7.39. The molecule has 0 radical (unpaired) electrons. The van der Waals surface area contributed by atoms with Gasteiger partial charge in [0.05, 0.1) is 5.41 Å². The van der Waals surface area contributed by atoms with Crippen molar-refractivity contribution in [2.75, 3.05) is 6.79 Å². The largest absolute Gasteiger partial charge is 0.438 e. The molecule has 0 rings (SSSR count). The summed E-state index contributed by atoms with van der Waals surface area (Å²) in [5.41, 5.74) is -0.428. The van der Waals surface area contributed by atoms with Gasteiger partial charge in [-0.1, -0.05) is 13.8 Å². The Morgan fingerprint density at radius 3 is 2.18 bits per heavy atom. The molecule has 1 N–H and O–H groups in total. The maximum absolute atomic E-state index is 11.1. The molecule has 0 aliphatic carbocycles. The number of carbonyl (C=O) groups is 1. The molecule has 0 unspecified atom stereocenters. The zero-order chi connectivity index (χ0) is 8.91. The van der Waals surface area contributed by atoms with Gasteiger partial charge in [-0.15, -0.1) is 0 Å². The van der Waals surface area contributed by atoms with Crippen LogP contribution in [0.15, 0.2) is 0 Å². The molecule has 3 nitrogen and oxygen atoms in total. The summed E-state index contributed by atoms with van der Waals surface area (Å²) in [7, 11) is 0. The first-order chi connectivity index (χ1) is 5.10. The monoisotopic (exact) mass is 160 g/mol. The highest BCUT2D eigenvalue weighted by molar-refractivity contribution is 5.76. The molecule has 3 heteroatoms. The first-order valence-corrected chi connectivity index (χ1v) is 3.88. The van der Waals surface area contributed by atoms with Crippen LogP contribution in [-0.4, -0.2) is 17.9 Å². The van der Waals surface area contributed by atoms with Gasteiger partial charge in [0.1, 0.15) is 0 Å². The molecule has 0 aliphatic heterocycles. The van der Waals surface area contributed by atoms with Crippen molar-refractivity contribution in [2.24, 2.45) is 5.41 Å². The van der Waals surface area contributed by atoms with Crippen LogP contribution in [0.2, 0.25) is 0 Å². The van der Waals surface area contributed by atoms with Crippen LogP contribution >= 0.6 is 0 Å². The Hall–Kier alpha value is -0.570. The van der Waals surface area contributed by atoms with Gasteiger partial charge in [-0.3, -0.25) is 4.79 Å². The van der Waals surface area contributed by atoms with Gasteiger partial charge in [-0.05, 0) is 19.8 Å². The van der Waals surface area contributed by atoms with E-state index in [0.29, 0.717) is 0 Å². The summed E-state index contributed by atoms with van der Waals surface area (Å²) in [6, 6.07) is 0. The molecule has 0 heterocycles. The van der Waals surface area contributed by atoms with E-state index in [1.165, 1.54) is 0 Å². The third-order valence-electron chi connectivity index (χ3n) is 2.25. The number of hydrogen-bond acceptors (Lipinski definition) is 3. The number of aliphatic hydroxyl groups is 1. The van der Waals surface area contributed by atoms with Gasteiger partial charge in [-0.25, -0.2) is 0 Å². The SMILES string of the molecule is CCC(C)(CC)C(=O)OCO. The Morgan fingerprint density at radius 2 is 1.91 bits per heavy atom. The summed E-state index contributed by atoms with van der Waals surface area (Å²) in [5, 5.41) is 8.35. The average Bonchev–Trinajstić information content (AvgIpc) is 2.03. The average molecular weight is 160 g/mol. The smallest absolute Gasteiger partial charge is 0.313 e. The quantitative estimate of drug-likeness (QED) is 0.498. The van der Waals surface area contributed by atoms with Gasteiger partial charge in [0, 0.05) is 0 Å². The second-order valence-corrected chi connectivity index (χ2v) is 2.83. The van der Waals surface area contributed by atoms with Crippen molar-refractivity contribution in [1.82, 2.24) is 0 Å². The van der Waals surface area contributed by atoms with E-state index < -0.39 is 12.2 Å². The fourth-order valence-corrected chi connectivity index (χ4v) is 0.772. The molecule has 66 valence electrons. The van der Waals surface area contributed by atoms with Crippen LogP contribution in [0.5, 0.6) is 0 Å². The minimum Gasteiger partial charge on any atom is -0.438 e. The molecule has 0 saturated carbocycles. The summed E-state index contributed by atoms with van der Waals surface area (Å²) in [5.74, 6) is -0.315. The summed E-state index contributed by atoms with van der Waals surface area (Å²) >= 11 is 0. The topological polar surface area (TPSA) is 46.5 Å². The second kappa shape index (κ2) is 4.34. The molecule has 0 aromatic carbocycles. The lowest BCUT2D eigenvalue weighted by molar-refractivity contribution is -0.163. The van der Waals surface area contributed by atoms with E-state index in [1.54, 1.807) is 0 Å². The number of carbonyl (C=O) groups excluding carboxylic acids is 1. The van der Waals surface area contributed by atoms with E-state index in [9.17, 15) is 4.79 Å². The fourth-order valence-electron chi connectivity index (χ4n) is 0.772. The summed E-state index contributed by atoms with van der Waals surface area (Å²) in [4.78, 5) is 11.1. The first kappa shape index (κ1) is 10.4.